The molecule has 2 aromatic rings. The molecule has 2 heteroatoms. The SMILES string of the molecule is CCC(C)c1cc2cc(C(C)C)[nH]c2cn1. The maximum absolute atomic E-state index is 4.52. The molecule has 0 aromatic carbocycles. The number of aromatic amines is 1. The van der Waals surface area contributed by atoms with Crippen LogP contribution in [-0.4, -0.2) is 9.97 Å². The molecule has 0 saturated heterocycles. The van der Waals surface area contributed by atoms with Crippen LogP contribution in [0.4, 0.5) is 0 Å². The van der Waals surface area contributed by atoms with Gasteiger partial charge in [-0.25, -0.2) is 0 Å². The Morgan fingerprint density at radius 2 is 2.00 bits per heavy atom. The van der Waals surface area contributed by atoms with E-state index in [0.717, 1.165) is 11.9 Å². The van der Waals surface area contributed by atoms with Crippen LogP contribution in [0, 0.1) is 0 Å². The summed E-state index contributed by atoms with van der Waals surface area (Å²) in [6, 6.07) is 4.46. The van der Waals surface area contributed by atoms with E-state index in [2.05, 4.69) is 49.8 Å². The highest BCUT2D eigenvalue weighted by atomic mass is 14.8. The summed E-state index contributed by atoms with van der Waals surface area (Å²) in [5.41, 5.74) is 3.64. The van der Waals surface area contributed by atoms with Crippen LogP contribution in [0.5, 0.6) is 0 Å². The maximum atomic E-state index is 4.52. The van der Waals surface area contributed by atoms with Crippen molar-refractivity contribution in [2.75, 3.05) is 0 Å². The molecule has 0 bridgehead atoms. The van der Waals surface area contributed by atoms with E-state index in [9.17, 15) is 0 Å². The molecule has 1 atom stereocenters. The molecule has 0 fully saturated rings. The molecular formula is C14H20N2. The smallest absolute Gasteiger partial charge is 0.0642 e. The lowest BCUT2D eigenvalue weighted by Crippen LogP contribution is -1.94. The Morgan fingerprint density at radius 3 is 2.62 bits per heavy atom. The molecular weight excluding hydrogens is 196 g/mol. The van der Waals surface area contributed by atoms with Gasteiger partial charge in [0, 0.05) is 16.8 Å². The summed E-state index contributed by atoms with van der Waals surface area (Å²) in [4.78, 5) is 7.94. The van der Waals surface area contributed by atoms with E-state index in [1.54, 1.807) is 0 Å². The standard InChI is InChI=1S/C14H20N2/c1-5-10(4)13-7-11-6-12(9(2)3)16-14(11)8-15-13/h6-10,16H,5H2,1-4H3. The Hall–Kier alpha value is -1.31. The second-order valence-electron chi connectivity index (χ2n) is 4.89. The number of H-pyrrole nitrogens is 1. The third-order valence-corrected chi connectivity index (χ3v) is 3.29. The monoisotopic (exact) mass is 216 g/mol. The fraction of sp³-hybridized carbons (Fsp3) is 0.500. The Balaban J connectivity index is 2.45. The lowest BCUT2D eigenvalue weighted by molar-refractivity contribution is 0.710. The van der Waals surface area contributed by atoms with Gasteiger partial charge in [0.25, 0.3) is 0 Å². The quantitative estimate of drug-likeness (QED) is 0.818. The van der Waals surface area contributed by atoms with Crippen LogP contribution in [0.1, 0.15) is 57.3 Å². The van der Waals surface area contributed by atoms with Crippen molar-refractivity contribution in [2.45, 2.75) is 46.0 Å². The molecule has 2 rings (SSSR count). The Kier molecular flexibility index (Phi) is 2.99. The van der Waals surface area contributed by atoms with Crippen molar-refractivity contribution in [1.82, 2.24) is 9.97 Å². The van der Waals surface area contributed by atoms with E-state index in [4.69, 9.17) is 0 Å². The van der Waals surface area contributed by atoms with Crippen LogP contribution in [0.15, 0.2) is 18.3 Å². The summed E-state index contributed by atoms with van der Waals surface area (Å²) in [6.07, 6.45) is 3.10. The van der Waals surface area contributed by atoms with Crippen LogP contribution >= 0.6 is 0 Å². The van der Waals surface area contributed by atoms with Crippen molar-refractivity contribution in [3.63, 3.8) is 0 Å². The lowest BCUT2D eigenvalue weighted by Gasteiger charge is -2.06. The number of rotatable bonds is 3. The van der Waals surface area contributed by atoms with E-state index in [1.807, 2.05) is 6.20 Å². The molecule has 0 radical (unpaired) electrons. The first-order valence-electron chi connectivity index (χ1n) is 6.10. The minimum absolute atomic E-state index is 0.541. The van der Waals surface area contributed by atoms with Crippen molar-refractivity contribution < 1.29 is 0 Å². The fourth-order valence-electron chi connectivity index (χ4n) is 1.86. The summed E-state index contributed by atoms with van der Waals surface area (Å²) in [5, 5.41) is 1.29. The van der Waals surface area contributed by atoms with Crippen molar-refractivity contribution in [3.05, 3.63) is 29.7 Å². The lowest BCUT2D eigenvalue weighted by atomic mass is 10.0. The molecule has 0 amide bonds. The van der Waals surface area contributed by atoms with Crippen molar-refractivity contribution in [3.8, 4) is 0 Å². The molecule has 0 aliphatic heterocycles. The van der Waals surface area contributed by atoms with Gasteiger partial charge in [0.15, 0.2) is 0 Å². The first-order chi connectivity index (χ1) is 7.61. The van der Waals surface area contributed by atoms with Crippen molar-refractivity contribution >= 4 is 10.9 Å². The Morgan fingerprint density at radius 1 is 1.25 bits per heavy atom. The summed E-state index contributed by atoms with van der Waals surface area (Å²) >= 11 is 0. The number of fused-ring (bicyclic) bond motifs is 1. The summed E-state index contributed by atoms with van der Waals surface area (Å²) in [5.74, 6) is 1.08. The highest BCUT2D eigenvalue weighted by Gasteiger charge is 2.08. The number of hydrogen-bond donors (Lipinski definition) is 1. The zero-order chi connectivity index (χ0) is 11.7. The van der Waals surface area contributed by atoms with Gasteiger partial charge in [0.2, 0.25) is 0 Å². The molecule has 16 heavy (non-hydrogen) atoms. The van der Waals surface area contributed by atoms with Gasteiger partial charge in [-0.2, -0.15) is 0 Å². The average molecular weight is 216 g/mol. The third kappa shape index (κ3) is 1.97. The molecule has 86 valence electrons. The third-order valence-electron chi connectivity index (χ3n) is 3.29. The minimum atomic E-state index is 0.541. The summed E-state index contributed by atoms with van der Waals surface area (Å²) in [6.45, 7) is 8.83. The van der Waals surface area contributed by atoms with Gasteiger partial charge < -0.3 is 4.98 Å². The largest absolute Gasteiger partial charge is 0.357 e. The van der Waals surface area contributed by atoms with E-state index in [-0.39, 0.29) is 0 Å². The molecule has 1 N–H and O–H groups in total. The van der Waals surface area contributed by atoms with Crippen LogP contribution < -0.4 is 0 Å². The second kappa shape index (κ2) is 4.28. The van der Waals surface area contributed by atoms with Crippen molar-refractivity contribution in [2.24, 2.45) is 0 Å². The first-order valence-corrected chi connectivity index (χ1v) is 6.10. The number of pyridine rings is 1. The molecule has 2 nitrogen and oxygen atoms in total. The summed E-state index contributed by atoms with van der Waals surface area (Å²) < 4.78 is 0. The van der Waals surface area contributed by atoms with Crippen LogP contribution in [0.3, 0.4) is 0 Å². The van der Waals surface area contributed by atoms with E-state index >= 15 is 0 Å². The van der Waals surface area contributed by atoms with Gasteiger partial charge in [-0.1, -0.05) is 27.7 Å². The molecule has 2 heterocycles. The minimum Gasteiger partial charge on any atom is -0.357 e. The molecule has 0 spiro atoms. The number of aromatic nitrogens is 2. The van der Waals surface area contributed by atoms with E-state index in [1.165, 1.54) is 16.8 Å². The van der Waals surface area contributed by atoms with E-state index in [0.29, 0.717) is 11.8 Å². The van der Waals surface area contributed by atoms with Crippen LogP contribution in [0.25, 0.3) is 10.9 Å². The van der Waals surface area contributed by atoms with Gasteiger partial charge >= 0.3 is 0 Å². The second-order valence-corrected chi connectivity index (χ2v) is 4.89. The van der Waals surface area contributed by atoms with Gasteiger partial charge in [0.05, 0.1) is 11.7 Å². The zero-order valence-corrected chi connectivity index (χ0v) is 10.5. The van der Waals surface area contributed by atoms with E-state index < -0.39 is 0 Å². The topological polar surface area (TPSA) is 28.7 Å². The average Bonchev–Trinajstić information content (AvgIpc) is 2.70. The highest BCUT2D eigenvalue weighted by Crippen LogP contribution is 2.24. The molecule has 2 aromatic heterocycles. The van der Waals surface area contributed by atoms with Gasteiger partial charge in [-0.3, -0.25) is 4.98 Å². The van der Waals surface area contributed by atoms with Crippen LogP contribution in [-0.2, 0) is 0 Å². The molecule has 0 aliphatic carbocycles. The zero-order valence-electron chi connectivity index (χ0n) is 10.5. The van der Waals surface area contributed by atoms with Gasteiger partial charge in [-0.15, -0.1) is 0 Å². The normalized spacial score (nSPS) is 13.6. The predicted molar refractivity (Wildman–Crippen MR) is 68.9 cm³/mol. The van der Waals surface area contributed by atoms with Gasteiger partial charge in [-0.05, 0) is 30.4 Å². The fourth-order valence-corrected chi connectivity index (χ4v) is 1.86. The number of nitrogens with zero attached hydrogens (tertiary/aromatic N) is 1. The molecule has 0 aliphatic rings. The number of nitrogens with one attached hydrogen (secondary N) is 1. The Bertz CT molecular complexity index is 482. The highest BCUT2D eigenvalue weighted by molar-refractivity contribution is 5.80. The van der Waals surface area contributed by atoms with Crippen molar-refractivity contribution in [1.29, 1.82) is 0 Å². The predicted octanol–water partition coefficient (Wildman–Crippen LogP) is 4.20. The molecule has 1 unspecified atom stereocenters. The summed E-state index contributed by atoms with van der Waals surface area (Å²) in [7, 11) is 0. The Labute approximate surface area is 97.1 Å². The first kappa shape index (κ1) is 11.2. The molecule has 0 saturated carbocycles. The van der Waals surface area contributed by atoms with Crippen LogP contribution in [0.2, 0.25) is 0 Å². The number of hydrogen-bond acceptors (Lipinski definition) is 1. The van der Waals surface area contributed by atoms with Gasteiger partial charge in [0.1, 0.15) is 0 Å². The maximum Gasteiger partial charge on any atom is 0.0642 e.